The fourth-order valence-electron chi connectivity index (χ4n) is 2.08. The van der Waals surface area contributed by atoms with Gasteiger partial charge in [-0.15, -0.1) is 0 Å². The number of hydrogen-bond acceptors (Lipinski definition) is 1. The molecule has 0 saturated heterocycles. The minimum atomic E-state index is 0.0824. The Bertz CT molecular complexity index is 232. The number of nitrogens with two attached hydrogens (primary N) is 1. The highest BCUT2D eigenvalue weighted by atomic mass is 15.0. The molecule has 66 valence electrons. The highest BCUT2D eigenvalue weighted by Crippen LogP contribution is 2.28. The first-order valence-electron chi connectivity index (χ1n) is 4.68. The lowest BCUT2D eigenvalue weighted by atomic mass is 9.99. The lowest BCUT2D eigenvalue weighted by Gasteiger charge is -2.23. The maximum absolute atomic E-state index is 6.23. The first kappa shape index (κ1) is 7.87. The van der Waals surface area contributed by atoms with Crippen LogP contribution in [0, 0.1) is 0 Å². The molecule has 1 aliphatic carbocycles. The maximum Gasteiger partial charge on any atom is 0.0400 e. The van der Waals surface area contributed by atoms with Crippen LogP contribution in [0.25, 0.3) is 0 Å². The third-order valence-electron chi connectivity index (χ3n) is 2.76. The lowest BCUT2D eigenvalue weighted by molar-refractivity contribution is 0.373. The van der Waals surface area contributed by atoms with Crippen molar-refractivity contribution in [2.24, 2.45) is 5.73 Å². The molecule has 2 N–H and O–H groups in total. The standard InChI is InChI=1S/C10H16N2/c11-10(5-1-2-6-10)9-12-7-3-4-8-12/h3-4,7-8H,1-2,5-6,9,11H2. The summed E-state index contributed by atoms with van der Waals surface area (Å²) in [6.07, 6.45) is 9.16. The molecular weight excluding hydrogens is 148 g/mol. The molecular formula is C10H16N2. The van der Waals surface area contributed by atoms with Crippen molar-refractivity contribution in [1.82, 2.24) is 4.57 Å². The van der Waals surface area contributed by atoms with Gasteiger partial charge in [0.15, 0.2) is 0 Å². The molecule has 2 nitrogen and oxygen atoms in total. The second-order valence-electron chi connectivity index (χ2n) is 3.92. The Morgan fingerprint density at radius 3 is 2.33 bits per heavy atom. The summed E-state index contributed by atoms with van der Waals surface area (Å²) in [5, 5.41) is 0. The zero-order valence-corrected chi connectivity index (χ0v) is 7.37. The maximum atomic E-state index is 6.23. The van der Waals surface area contributed by atoms with Gasteiger partial charge in [0.2, 0.25) is 0 Å². The van der Waals surface area contributed by atoms with Crippen LogP contribution in [0.4, 0.5) is 0 Å². The first-order chi connectivity index (χ1) is 5.79. The van der Waals surface area contributed by atoms with Crippen molar-refractivity contribution in [3.63, 3.8) is 0 Å². The van der Waals surface area contributed by atoms with Crippen molar-refractivity contribution in [3.05, 3.63) is 24.5 Å². The number of nitrogens with zero attached hydrogens (tertiary/aromatic N) is 1. The van der Waals surface area contributed by atoms with E-state index in [-0.39, 0.29) is 5.54 Å². The van der Waals surface area contributed by atoms with Crippen LogP contribution in [-0.2, 0) is 6.54 Å². The summed E-state index contributed by atoms with van der Waals surface area (Å²) in [4.78, 5) is 0. The summed E-state index contributed by atoms with van der Waals surface area (Å²) in [6, 6.07) is 4.11. The lowest BCUT2D eigenvalue weighted by Crippen LogP contribution is -2.40. The van der Waals surface area contributed by atoms with Crippen molar-refractivity contribution in [3.8, 4) is 0 Å². The van der Waals surface area contributed by atoms with Crippen molar-refractivity contribution in [2.45, 2.75) is 37.8 Å². The van der Waals surface area contributed by atoms with E-state index in [1.807, 2.05) is 0 Å². The molecule has 12 heavy (non-hydrogen) atoms. The van der Waals surface area contributed by atoms with Crippen molar-refractivity contribution >= 4 is 0 Å². The summed E-state index contributed by atoms with van der Waals surface area (Å²) >= 11 is 0. The Hall–Kier alpha value is -0.760. The van der Waals surface area contributed by atoms with Crippen LogP contribution >= 0.6 is 0 Å². The molecule has 0 radical (unpaired) electrons. The van der Waals surface area contributed by atoms with Gasteiger partial charge in [0.25, 0.3) is 0 Å². The van der Waals surface area contributed by atoms with Gasteiger partial charge in [0, 0.05) is 24.5 Å². The van der Waals surface area contributed by atoms with E-state index >= 15 is 0 Å². The smallest absolute Gasteiger partial charge is 0.0400 e. The zero-order valence-electron chi connectivity index (χ0n) is 7.37. The topological polar surface area (TPSA) is 30.9 Å². The van der Waals surface area contributed by atoms with Crippen molar-refractivity contribution in [2.75, 3.05) is 0 Å². The Labute approximate surface area is 73.4 Å². The summed E-state index contributed by atoms with van der Waals surface area (Å²) in [5.41, 5.74) is 6.31. The van der Waals surface area contributed by atoms with Gasteiger partial charge in [-0.05, 0) is 25.0 Å². The molecule has 2 heteroatoms. The molecule has 0 amide bonds. The fraction of sp³-hybridized carbons (Fsp3) is 0.600. The van der Waals surface area contributed by atoms with Crippen LogP contribution in [0.15, 0.2) is 24.5 Å². The minimum absolute atomic E-state index is 0.0824. The van der Waals surface area contributed by atoms with Gasteiger partial charge in [-0.3, -0.25) is 0 Å². The van der Waals surface area contributed by atoms with Gasteiger partial charge in [-0.2, -0.15) is 0 Å². The van der Waals surface area contributed by atoms with E-state index in [2.05, 4.69) is 29.1 Å². The largest absolute Gasteiger partial charge is 0.352 e. The van der Waals surface area contributed by atoms with Gasteiger partial charge in [-0.1, -0.05) is 12.8 Å². The average Bonchev–Trinajstić information content (AvgIpc) is 2.62. The van der Waals surface area contributed by atoms with E-state index in [0.29, 0.717) is 0 Å². The van der Waals surface area contributed by atoms with Crippen LogP contribution in [0.1, 0.15) is 25.7 Å². The van der Waals surface area contributed by atoms with Crippen LogP contribution in [0.5, 0.6) is 0 Å². The molecule has 1 aromatic heterocycles. The molecule has 1 heterocycles. The van der Waals surface area contributed by atoms with E-state index in [1.54, 1.807) is 0 Å². The molecule has 0 aromatic carbocycles. The van der Waals surface area contributed by atoms with Crippen molar-refractivity contribution < 1.29 is 0 Å². The predicted molar refractivity (Wildman–Crippen MR) is 49.8 cm³/mol. The third-order valence-corrected chi connectivity index (χ3v) is 2.76. The summed E-state index contributed by atoms with van der Waals surface area (Å²) in [7, 11) is 0. The van der Waals surface area contributed by atoms with E-state index in [1.165, 1.54) is 25.7 Å². The van der Waals surface area contributed by atoms with E-state index in [0.717, 1.165) is 6.54 Å². The van der Waals surface area contributed by atoms with Crippen molar-refractivity contribution in [1.29, 1.82) is 0 Å². The van der Waals surface area contributed by atoms with Crippen LogP contribution in [-0.4, -0.2) is 10.1 Å². The molecule has 1 saturated carbocycles. The molecule has 1 aromatic rings. The number of hydrogen-bond donors (Lipinski definition) is 1. The fourth-order valence-corrected chi connectivity index (χ4v) is 2.08. The normalized spacial score (nSPS) is 21.4. The molecule has 2 rings (SSSR count). The molecule has 0 aliphatic heterocycles. The summed E-state index contributed by atoms with van der Waals surface area (Å²) < 4.78 is 2.19. The van der Waals surface area contributed by atoms with Crippen LogP contribution < -0.4 is 5.73 Å². The molecule has 0 bridgehead atoms. The molecule has 0 unspecified atom stereocenters. The van der Waals surface area contributed by atoms with E-state index in [9.17, 15) is 0 Å². The van der Waals surface area contributed by atoms with E-state index in [4.69, 9.17) is 5.73 Å². The second kappa shape index (κ2) is 2.94. The van der Waals surface area contributed by atoms with Gasteiger partial charge >= 0.3 is 0 Å². The Morgan fingerprint density at radius 2 is 1.75 bits per heavy atom. The highest BCUT2D eigenvalue weighted by Gasteiger charge is 2.29. The molecule has 1 fully saturated rings. The number of aromatic nitrogens is 1. The second-order valence-corrected chi connectivity index (χ2v) is 3.92. The predicted octanol–water partition coefficient (Wildman–Crippen LogP) is 1.76. The van der Waals surface area contributed by atoms with Gasteiger partial charge in [0.1, 0.15) is 0 Å². The Balaban J connectivity index is 2.02. The van der Waals surface area contributed by atoms with Gasteiger partial charge in [0.05, 0.1) is 0 Å². The summed E-state index contributed by atoms with van der Waals surface area (Å²) in [5.74, 6) is 0. The minimum Gasteiger partial charge on any atom is -0.352 e. The molecule has 0 spiro atoms. The SMILES string of the molecule is NC1(Cn2cccc2)CCCC1. The van der Waals surface area contributed by atoms with Crippen LogP contribution in [0.2, 0.25) is 0 Å². The van der Waals surface area contributed by atoms with E-state index < -0.39 is 0 Å². The van der Waals surface area contributed by atoms with Gasteiger partial charge < -0.3 is 10.3 Å². The monoisotopic (exact) mass is 164 g/mol. The molecule has 0 atom stereocenters. The highest BCUT2D eigenvalue weighted by molar-refractivity contribution is 4.96. The molecule has 1 aliphatic rings. The zero-order chi connectivity index (χ0) is 8.44. The van der Waals surface area contributed by atoms with Gasteiger partial charge in [-0.25, -0.2) is 0 Å². The quantitative estimate of drug-likeness (QED) is 0.709. The Kier molecular flexibility index (Phi) is 1.93. The Morgan fingerprint density at radius 1 is 1.17 bits per heavy atom. The number of rotatable bonds is 2. The first-order valence-corrected chi connectivity index (χ1v) is 4.68. The third kappa shape index (κ3) is 1.53. The summed E-state index contributed by atoms with van der Waals surface area (Å²) in [6.45, 7) is 0.986. The van der Waals surface area contributed by atoms with Crippen LogP contribution in [0.3, 0.4) is 0 Å². The average molecular weight is 164 g/mol.